The second kappa shape index (κ2) is 2.73. The normalized spacial score (nSPS) is 37.6. The van der Waals surface area contributed by atoms with Crippen LogP contribution in [0.15, 0.2) is 0 Å². The maximum Gasteiger partial charge on any atom is 0.326 e. The van der Waals surface area contributed by atoms with E-state index in [4.69, 9.17) is 4.74 Å². The van der Waals surface area contributed by atoms with E-state index in [1.165, 1.54) is 0 Å². The highest BCUT2D eigenvalue weighted by Crippen LogP contribution is 2.44. The zero-order valence-corrected chi connectivity index (χ0v) is 7.43. The van der Waals surface area contributed by atoms with Crippen LogP contribution in [0.4, 0.5) is 0 Å². The van der Waals surface area contributed by atoms with Gasteiger partial charge >= 0.3 is 5.97 Å². The molecule has 3 nitrogen and oxygen atoms in total. The Morgan fingerprint density at radius 2 is 2.42 bits per heavy atom. The Hall–Kier alpha value is -0.570. The van der Waals surface area contributed by atoms with Crippen molar-refractivity contribution in [1.29, 1.82) is 0 Å². The lowest BCUT2D eigenvalue weighted by Crippen LogP contribution is -2.51. The third-order valence-electron chi connectivity index (χ3n) is 2.83. The van der Waals surface area contributed by atoms with Crippen molar-refractivity contribution in [2.75, 3.05) is 13.2 Å². The summed E-state index contributed by atoms with van der Waals surface area (Å²) in [6, 6.07) is 0. The molecule has 0 aromatic heterocycles. The van der Waals surface area contributed by atoms with E-state index in [1.807, 2.05) is 6.92 Å². The van der Waals surface area contributed by atoms with E-state index >= 15 is 0 Å². The van der Waals surface area contributed by atoms with Crippen LogP contribution in [-0.2, 0) is 9.53 Å². The molecule has 0 spiro atoms. The van der Waals surface area contributed by atoms with Crippen molar-refractivity contribution in [2.45, 2.75) is 31.7 Å². The fourth-order valence-electron chi connectivity index (χ4n) is 2.13. The number of carbonyl (C=O) groups excluding carboxylic acids is 1. The van der Waals surface area contributed by atoms with Crippen molar-refractivity contribution in [3.63, 3.8) is 0 Å². The van der Waals surface area contributed by atoms with E-state index in [-0.39, 0.29) is 11.5 Å². The second-order valence-corrected chi connectivity index (χ2v) is 3.87. The summed E-state index contributed by atoms with van der Waals surface area (Å²) in [5.74, 6) is 0.706. The number of ether oxygens (including phenoxy) is 1. The lowest BCUT2D eigenvalue weighted by molar-refractivity contribution is -0.154. The van der Waals surface area contributed by atoms with Crippen molar-refractivity contribution in [2.24, 2.45) is 5.92 Å². The average molecular weight is 169 g/mol. The summed E-state index contributed by atoms with van der Waals surface area (Å²) in [6.07, 6.45) is 2.90. The van der Waals surface area contributed by atoms with Crippen LogP contribution < -0.4 is 5.32 Å². The van der Waals surface area contributed by atoms with E-state index in [0.717, 1.165) is 31.7 Å². The molecule has 3 rings (SSSR count). The lowest BCUT2D eigenvalue weighted by Gasteiger charge is -2.34. The zero-order chi connectivity index (χ0) is 8.60. The molecule has 3 fully saturated rings. The van der Waals surface area contributed by atoms with Crippen molar-refractivity contribution in [3.05, 3.63) is 0 Å². The zero-order valence-electron chi connectivity index (χ0n) is 7.43. The Labute approximate surface area is 72.5 Å². The number of carbonyl (C=O) groups is 1. The third-order valence-corrected chi connectivity index (χ3v) is 2.83. The highest BCUT2D eigenvalue weighted by atomic mass is 16.5. The van der Waals surface area contributed by atoms with Crippen LogP contribution in [-0.4, -0.2) is 24.7 Å². The molecule has 12 heavy (non-hydrogen) atoms. The van der Waals surface area contributed by atoms with E-state index in [1.54, 1.807) is 0 Å². The molecule has 3 aliphatic rings. The summed E-state index contributed by atoms with van der Waals surface area (Å²) >= 11 is 0. The first-order valence-electron chi connectivity index (χ1n) is 4.69. The molecular weight excluding hydrogens is 154 g/mol. The van der Waals surface area contributed by atoms with Crippen LogP contribution in [0.3, 0.4) is 0 Å². The predicted octanol–water partition coefficient (Wildman–Crippen LogP) is 0.692. The second-order valence-electron chi connectivity index (χ2n) is 3.87. The van der Waals surface area contributed by atoms with E-state index in [2.05, 4.69) is 5.32 Å². The topological polar surface area (TPSA) is 38.3 Å². The molecular formula is C9H15NO2. The van der Waals surface area contributed by atoms with Crippen LogP contribution >= 0.6 is 0 Å². The molecule has 2 bridgehead atoms. The largest absolute Gasteiger partial charge is 0.464 e. The minimum Gasteiger partial charge on any atom is -0.464 e. The van der Waals surface area contributed by atoms with Gasteiger partial charge in [-0.05, 0) is 31.7 Å². The molecule has 68 valence electrons. The maximum atomic E-state index is 11.5. The van der Waals surface area contributed by atoms with Gasteiger partial charge in [0.2, 0.25) is 0 Å². The molecule has 0 amide bonds. The first-order valence-corrected chi connectivity index (χ1v) is 4.69. The molecule has 0 aromatic carbocycles. The molecule has 0 aromatic rings. The first-order chi connectivity index (χ1) is 5.77. The SMILES string of the molecule is CCCOC(=O)C12CC(CN1)C2. The smallest absolute Gasteiger partial charge is 0.326 e. The summed E-state index contributed by atoms with van der Waals surface area (Å²) in [7, 11) is 0. The Bertz CT molecular complexity index is 191. The first kappa shape index (κ1) is 8.05. The fraction of sp³-hybridized carbons (Fsp3) is 0.889. The Morgan fingerprint density at radius 1 is 1.67 bits per heavy atom. The van der Waals surface area contributed by atoms with Gasteiger partial charge in [0, 0.05) is 0 Å². The molecule has 0 unspecified atom stereocenters. The van der Waals surface area contributed by atoms with Gasteiger partial charge in [0.15, 0.2) is 0 Å². The monoisotopic (exact) mass is 169 g/mol. The number of esters is 1. The van der Waals surface area contributed by atoms with Crippen molar-refractivity contribution in [3.8, 4) is 0 Å². The lowest BCUT2D eigenvalue weighted by atomic mass is 9.74. The van der Waals surface area contributed by atoms with E-state index < -0.39 is 0 Å². The molecule has 1 N–H and O–H groups in total. The minimum absolute atomic E-state index is 0.0295. The molecule has 1 aliphatic carbocycles. The minimum atomic E-state index is -0.264. The van der Waals surface area contributed by atoms with E-state index in [9.17, 15) is 4.79 Å². The van der Waals surface area contributed by atoms with Crippen LogP contribution in [0.25, 0.3) is 0 Å². The summed E-state index contributed by atoms with van der Waals surface area (Å²) < 4.78 is 5.11. The molecule has 3 heteroatoms. The van der Waals surface area contributed by atoms with Gasteiger partial charge in [-0.15, -0.1) is 0 Å². The molecule has 2 heterocycles. The number of fused-ring (bicyclic) bond motifs is 1. The molecule has 2 saturated heterocycles. The van der Waals surface area contributed by atoms with Crippen LogP contribution in [0.2, 0.25) is 0 Å². The third kappa shape index (κ3) is 1.04. The molecule has 0 radical (unpaired) electrons. The van der Waals surface area contributed by atoms with Crippen LogP contribution in [0, 0.1) is 5.92 Å². The number of hydrogen-bond donors (Lipinski definition) is 1. The van der Waals surface area contributed by atoms with Gasteiger partial charge in [-0.3, -0.25) is 4.79 Å². The number of nitrogens with one attached hydrogen (secondary N) is 1. The standard InChI is InChI=1S/C9H15NO2/c1-2-3-12-8(11)9-4-7(5-9)6-10-9/h7,10H,2-6H2,1H3. The Balaban J connectivity index is 1.87. The summed E-state index contributed by atoms with van der Waals surface area (Å²) in [6.45, 7) is 3.57. The average Bonchev–Trinajstić information content (AvgIpc) is 2.56. The Morgan fingerprint density at radius 3 is 2.92 bits per heavy atom. The molecule has 1 saturated carbocycles. The molecule has 0 atom stereocenters. The number of rotatable bonds is 3. The van der Waals surface area contributed by atoms with Gasteiger partial charge in [0.25, 0.3) is 0 Å². The quantitative estimate of drug-likeness (QED) is 0.632. The number of hydrogen-bond acceptors (Lipinski definition) is 3. The predicted molar refractivity (Wildman–Crippen MR) is 44.7 cm³/mol. The Kier molecular flexibility index (Phi) is 1.83. The van der Waals surface area contributed by atoms with E-state index in [0.29, 0.717) is 6.61 Å². The fourth-order valence-corrected chi connectivity index (χ4v) is 2.13. The maximum absolute atomic E-state index is 11.5. The summed E-state index contributed by atoms with van der Waals surface area (Å²) in [5, 5.41) is 3.24. The van der Waals surface area contributed by atoms with Gasteiger partial charge in [0.1, 0.15) is 5.54 Å². The summed E-state index contributed by atoms with van der Waals surface area (Å²) in [4.78, 5) is 11.5. The van der Waals surface area contributed by atoms with Gasteiger partial charge in [-0.1, -0.05) is 6.92 Å². The van der Waals surface area contributed by atoms with Crippen LogP contribution in [0.5, 0.6) is 0 Å². The molecule has 2 aliphatic heterocycles. The van der Waals surface area contributed by atoms with Crippen molar-refractivity contribution >= 4 is 5.97 Å². The van der Waals surface area contributed by atoms with Gasteiger partial charge in [0.05, 0.1) is 6.61 Å². The summed E-state index contributed by atoms with van der Waals surface area (Å²) in [5.41, 5.74) is -0.264. The van der Waals surface area contributed by atoms with Gasteiger partial charge < -0.3 is 10.1 Å². The van der Waals surface area contributed by atoms with Crippen molar-refractivity contribution < 1.29 is 9.53 Å². The highest BCUT2D eigenvalue weighted by Gasteiger charge is 2.56. The van der Waals surface area contributed by atoms with Gasteiger partial charge in [-0.25, -0.2) is 0 Å². The van der Waals surface area contributed by atoms with Crippen molar-refractivity contribution in [1.82, 2.24) is 5.32 Å². The van der Waals surface area contributed by atoms with Crippen LogP contribution in [0.1, 0.15) is 26.2 Å². The highest BCUT2D eigenvalue weighted by molar-refractivity contribution is 5.83. The van der Waals surface area contributed by atoms with Gasteiger partial charge in [-0.2, -0.15) is 0 Å².